The highest BCUT2D eigenvalue weighted by Gasteiger charge is 2.95. The lowest BCUT2D eigenvalue weighted by molar-refractivity contribution is -0.367. The number of rotatable bonds is 0. The molecule has 2 aliphatic carbocycles. The first-order valence-corrected chi connectivity index (χ1v) is 24.3. The number of piperazine rings is 2. The summed E-state index contributed by atoms with van der Waals surface area (Å²) in [6.07, 6.45) is 10.2. The van der Waals surface area contributed by atoms with Gasteiger partial charge in [-0.1, -0.05) is 12.2 Å². The molecule has 0 radical (unpaired) electrons. The Kier molecular flexibility index (Phi) is 6.24. The quantitative estimate of drug-likeness (QED) is 0.277. The van der Waals surface area contributed by atoms with Gasteiger partial charge in [0, 0.05) is 54.1 Å². The molecule has 17 rings (SSSR count). The highest BCUT2D eigenvalue weighted by Crippen LogP contribution is 2.80. The fourth-order valence-corrected chi connectivity index (χ4v) is 18.2. The second-order valence-corrected chi connectivity index (χ2v) is 24.3. The topological polar surface area (TPSA) is 161 Å². The zero-order chi connectivity index (χ0) is 45.7. The molecule has 13 heterocycles. The van der Waals surface area contributed by atoms with E-state index in [1.54, 1.807) is 4.90 Å². The average molecular weight is 891 g/mol. The molecular weight excluding hydrogens is 837 g/mol. The van der Waals surface area contributed by atoms with Crippen molar-refractivity contribution in [1.82, 2.24) is 20.0 Å². The van der Waals surface area contributed by atoms with Crippen LogP contribution < -0.4 is 14.8 Å². The molecule has 15 aliphatic rings. The van der Waals surface area contributed by atoms with Crippen molar-refractivity contribution in [2.75, 3.05) is 13.1 Å². The molecule has 3 spiro atoms. The summed E-state index contributed by atoms with van der Waals surface area (Å²) in [5.74, 6) is -3.52. The van der Waals surface area contributed by atoms with E-state index in [1.807, 2.05) is 99.9 Å². The monoisotopic (exact) mass is 890 g/mol. The van der Waals surface area contributed by atoms with Gasteiger partial charge in [-0.15, -0.1) is 0 Å². The summed E-state index contributed by atoms with van der Waals surface area (Å²) in [6, 6.07) is 4.77. The minimum absolute atomic E-state index is 0.161. The van der Waals surface area contributed by atoms with Crippen molar-refractivity contribution in [2.24, 2.45) is 40.4 Å². The minimum atomic E-state index is -1.77. The molecule has 12 atom stereocenters. The maximum absolute atomic E-state index is 16.9. The van der Waals surface area contributed by atoms with Crippen LogP contribution in [0.2, 0.25) is 0 Å². The molecule has 66 heavy (non-hydrogen) atoms. The second-order valence-electron chi connectivity index (χ2n) is 24.3. The van der Waals surface area contributed by atoms with Gasteiger partial charge < -0.3 is 39.9 Å². The maximum Gasteiger partial charge on any atom is 0.251 e. The molecule has 340 valence electrons. The molecule has 2 aromatic carbocycles. The Morgan fingerprint density at radius 3 is 2.02 bits per heavy atom. The van der Waals surface area contributed by atoms with E-state index < -0.39 is 80.3 Å². The van der Waals surface area contributed by atoms with E-state index in [0.29, 0.717) is 84.2 Å². The molecule has 13 aliphatic heterocycles. The number of hydrogen-bond donors (Lipinski definition) is 1. The van der Waals surface area contributed by atoms with E-state index in [-0.39, 0.29) is 35.5 Å². The van der Waals surface area contributed by atoms with Gasteiger partial charge in [0.15, 0.2) is 11.4 Å². The van der Waals surface area contributed by atoms with Crippen molar-refractivity contribution in [3.8, 4) is 11.5 Å². The number of carbonyl (C=O) groups is 4. The Hall–Kier alpha value is -5.66. The lowest BCUT2D eigenvalue weighted by atomic mass is 9.39. The van der Waals surface area contributed by atoms with Crippen LogP contribution in [-0.4, -0.2) is 113 Å². The van der Waals surface area contributed by atoms with Crippen LogP contribution in [0.4, 0.5) is 11.4 Å². The molecule has 14 nitrogen and oxygen atoms in total. The van der Waals surface area contributed by atoms with Crippen LogP contribution in [-0.2, 0) is 24.6 Å². The Balaban J connectivity index is 1.18. The van der Waals surface area contributed by atoms with Crippen LogP contribution in [0, 0.1) is 50.8 Å². The minimum Gasteiger partial charge on any atom is -0.618 e. The molecule has 8 bridgehead atoms. The Morgan fingerprint density at radius 1 is 0.712 bits per heavy atom. The number of amides is 4. The molecule has 0 aromatic heterocycles. The SMILES string of the molecule is CC1(C)C=Cc2ccc3c(c2O1)C1C(=[N+]3[O-])C(C)(C)[C@@H]2C[C@H]3CCN4C(=O)[C@]25[C@@H]1[C@]12C(=[N+]([O-])c6ccc7c(c61)OC(C)(C)C=C7)C(C)(C)[C@@H]1C[C@H]6CCN7C(=O)[C@]1(NC(=O)C67)[C@H]2N5C(=O)C34. The summed E-state index contributed by atoms with van der Waals surface area (Å²) in [7, 11) is 0. The van der Waals surface area contributed by atoms with Crippen LogP contribution in [0.5, 0.6) is 11.5 Å². The predicted molar refractivity (Wildman–Crippen MR) is 240 cm³/mol. The van der Waals surface area contributed by atoms with Gasteiger partial charge in [-0.2, -0.15) is 9.48 Å². The first-order chi connectivity index (χ1) is 31.2. The molecule has 11 fully saturated rings. The Bertz CT molecular complexity index is 3000. The van der Waals surface area contributed by atoms with Crippen molar-refractivity contribution in [3.63, 3.8) is 0 Å². The molecule has 1 N–H and O–H groups in total. The van der Waals surface area contributed by atoms with Gasteiger partial charge in [0.1, 0.15) is 51.3 Å². The summed E-state index contributed by atoms with van der Waals surface area (Å²) >= 11 is 0. The van der Waals surface area contributed by atoms with Gasteiger partial charge in [0.2, 0.25) is 29.1 Å². The molecule has 4 amide bonds. The van der Waals surface area contributed by atoms with E-state index in [1.165, 1.54) is 0 Å². The number of fused-ring (bicyclic) bond motifs is 10. The summed E-state index contributed by atoms with van der Waals surface area (Å²) in [4.78, 5) is 70.7. The number of nitrogens with zero attached hydrogens (tertiary/aromatic N) is 5. The van der Waals surface area contributed by atoms with Crippen molar-refractivity contribution >= 4 is 58.6 Å². The third kappa shape index (κ3) is 3.58. The van der Waals surface area contributed by atoms with Crippen molar-refractivity contribution in [2.45, 2.75) is 133 Å². The van der Waals surface area contributed by atoms with Crippen molar-refractivity contribution in [3.05, 3.63) is 69.1 Å². The Morgan fingerprint density at radius 2 is 1.32 bits per heavy atom. The first-order valence-electron chi connectivity index (χ1n) is 24.3. The molecule has 14 heteroatoms. The van der Waals surface area contributed by atoms with Gasteiger partial charge in [-0.05, 0) is 117 Å². The molecule has 2 saturated carbocycles. The molecule has 9 saturated heterocycles. The Labute approximate surface area is 382 Å². The lowest BCUT2D eigenvalue weighted by Crippen LogP contribution is -2.85. The van der Waals surface area contributed by atoms with Gasteiger partial charge in [-0.25, -0.2) is 0 Å². The number of nitrogens with one attached hydrogen (secondary N) is 1. The van der Waals surface area contributed by atoms with Crippen LogP contribution in [0.15, 0.2) is 36.4 Å². The number of carbonyl (C=O) groups excluding carboxylic acids is 4. The van der Waals surface area contributed by atoms with E-state index in [9.17, 15) is 0 Å². The standard InChI is InChI=1S/C52H54N6O8/c1-46(2)17-13-23-9-11-27-31(36(23)65-46)32-38-50-33-28(12-10-24-14-18-47(3,4)66-37(24)33)58(64)42(50)49(7,8)29-21-25-15-19-54-34(25)40(59)53-51(29,44(54)61)43(50)56-41(60)35-26-16-20-55(35)45(62)52(38,56)30(22-26)48(5,6)39(32)57(27)63/h9-14,17-18,25-26,29-30,32,34-35,38,43H,15-16,19-22H2,1-8H3,(H,53,59)/t25-,26-,29+,30+,32?,34?,35?,38+,43+,50+,51-,52-/m1/s1. The highest BCUT2D eigenvalue weighted by molar-refractivity contribution is 6.17. The zero-order valence-electron chi connectivity index (χ0n) is 38.6. The van der Waals surface area contributed by atoms with E-state index in [4.69, 9.17) is 9.47 Å². The predicted octanol–water partition coefficient (Wildman–Crippen LogP) is 5.27. The van der Waals surface area contributed by atoms with Crippen LogP contribution in [0.25, 0.3) is 12.2 Å². The van der Waals surface area contributed by atoms with E-state index in [0.717, 1.165) is 20.6 Å². The van der Waals surface area contributed by atoms with E-state index in [2.05, 4.69) is 19.2 Å². The van der Waals surface area contributed by atoms with Gasteiger partial charge >= 0.3 is 0 Å². The molecule has 2 aromatic rings. The van der Waals surface area contributed by atoms with Gasteiger partial charge in [0.05, 0.1) is 33.9 Å². The smallest absolute Gasteiger partial charge is 0.251 e. The fraction of sp³-hybridized carbons (Fsp3) is 0.577. The fourth-order valence-electron chi connectivity index (χ4n) is 18.2. The third-order valence-electron chi connectivity index (χ3n) is 20.0. The third-order valence-corrected chi connectivity index (χ3v) is 20.0. The second kappa shape index (κ2) is 10.7. The van der Waals surface area contributed by atoms with E-state index >= 15 is 29.6 Å². The number of benzene rings is 2. The zero-order valence-corrected chi connectivity index (χ0v) is 38.6. The summed E-state index contributed by atoms with van der Waals surface area (Å²) in [5.41, 5.74) is -4.48. The largest absolute Gasteiger partial charge is 0.618 e. The molecule has 3 unspecified atom stereocenters. The highest BCUT2D eigenvalue weighted by atomic mass is 16.5. The van der Waals surface area contributed by atoms with Gasteiger partial charge in [0.25, 0.3) is 5.91 Å². The molecular formula is C52H54N6O8. The average Bonchev–Trinajstić information content (AvgIpc) is 4.00. The maximum atomic E-state index is 16.9. The first kappa shape index (κ1) is 38.4. The van der Waals surface area contributed by atoms with Crippen LogP contribution >= 0.6 is 0 Å². The number of hydrogen-bond acceptors (Lipinski definition) is 8. The normalized spacial score (nSPS) is 42.4. The number of ether oxygens (including phenoxy) is 2. The van der Waals surface area contributed by atoms with Gasteiger partial charge in [-0.3, -0.25) is 19.2 Å². The summed E-state index contributed by atoms with van der Waals surface area (Å²) in [5, 5.41) is 35.7. The van der Waals surface area contributed by atoms with Crippen molar-refractivity contribution in [1.29, 1.82) is 0 Å². The van der Waals surface area contributed by atoms with Crippen LogP contribution in [0.1, 0.15) is 109 Å². The van der Waals surface area contributed by atoms with Crippen LogP contribution in [0.3, 0.4) is 0 Å². The summed E-state index contributed by atoms with van der Waals surface area (Å²) < 4.78 is 16.3. The van der Waals surface area contributed by atoms with Crippen molar-refractivity contribution < 1.29 is 38.1 Å². The summed E-state index contributed by atoms with van der Waals surface area (Å²) in [6.45, 7) is 16.9. The lowest BCUT2D eigenvalue weighted by Gasteiger charge is -2.61.